The summed E-state index contributed by atoms with van der Waals surface area (Å²) in [7, 11) is 0. The van der Waals surface area contributed by atoms with Crippen LogP contribution in [0.4, 0.5) is 0 Å². The summed E-state index contributed by atoms with van der Waals surface area (Å²) in [6.07, 6.45) is 7.94. The SMILES string of the molecule is CCCN(Cc1ncccc1C)C1CCC(N)CC1. The minimum Gasteiger partial charge on any atom is -0.328 e. The van der Waals surface area contributed by atoms with Crippen LogP contribution in [0.25, 0.3) is 0 Å². The summed E-state index contributed by atoms with van der Waals surface area (Å²) in [5, 5.41) is 0. The smallest absolute Gasteiger partial charge is 0.0573 e. The highest BCUT2D eigenvalue weighted by Gasteiger charge is 2.24. The Hall–Kier alpha value is -0.930. The number of hydrogen-bond donors (Lipinski definition) is 1. The van der Waals surface area contributed by atoms with E-state index < -0.39 is 0 Å². The number of pyridine rings is 1. The monoisotopic (exact) mass is 261 g/mol. The predicted octanol–water partition coefficient (Wildman–Crippen LogP) is 2.87. The second kappa shape index (κ2) is 7.01. The van der Waals surface area contributed by atoms with Crippen LogP contribution in [0.15, 0.2) is 18.3 Å². The van der Waals surface area contributed by atoms with Gasteiger partial charge in [0.25, 0.3) is 0 Å². The summed E-state index contributed by atoms with van der Waals surface area (Å²) in [5.74, 6) is 0. The molecule has 1 fully saturated rings. The Morgan fingerprint density at radius 1 is 1.32 bits per heavy atom. The third-order valence-corrected chi connectivity index (χ3v) is 4.24. The molecule has 1 aliphatic carbocycles. The van der Waals surface area contributed by atoms with Crippen LogP contribution < -0.4 is 5.73 Å². The van der Waals surface area contributed by atoms with Gasteiger partial charge in [-0.25, -0.2) is 0 Å². The molecule has 3 heteroatoms. The van der Waals surface area contributed by atoms with Crippen molar-refractivity contribution in [3.63, 3.8) is 0 Å². The molecular formula is C16H27N3. The van der Waals surface area contributed by atoms with E-state index in [1.165, 1.54) is 43.4 Å². The lowest BCUT2D eigenvalue weighted by atomic mass is 9.90. The molecule has 106 valence electrons. The molecule has 1 saturated carbocycles. The molecule has 1 aromatic rings. The van der Waals surface area contributed by atoms with E-state index in [1.807, 2.05) is 12.3 Å². The van der Waals surface area contributed by atoms with Crippen LogP contribution in [0.3, 0.4) is 0 Å². The highest BCUT2D eigenvalue weighted by molar-refractivity contribution is 5.17. The van der Waals surface area contributed by atoms with E-state index in [0.717, 1.165) is 13.1 Å². The molecule has 19 heavy (non-hydrogen) atoms. The van der Waals surface area contributed by atoms with Crippen molar-refractivity contribution in [2.24, 2.45) is 5.73 Å². The Bertz CT molecular complexity index is 383. The minimum absolute atomic E-state index is 0.427. The van der Waals surface area contributed by atoms with Gasteiger partial charge in [-0.15, -0.1) is 0 Å². The maximum atomic E-state index is 6.02. The van der Waals surface area contributed by atoms with Gasteiger partial charge in [-0.1, -0.05) is 13.0 Å². The van der Waals surface area contributed by atoms with Gasteiger partial charge < -0.3 is 5.73 Å². The first-order valence-electron chi connectivity index (χ1n) is 7.60. The molecule has 0 bridgehead atoms. The van der Waals surface area contributed by atoms with Crippen molar-refractivity contribution >= 4 is 0 Å². The lowest BCUT2D eigenvalue weighted by Crippen LogP contribution is -2.41. The van der Waals surface area contributed by atoms with Gasteiger partial charge in [0.2, 0.25) is 0 Å². The summed E-state index contributed by atoms with van der Waals surface area (Å²) in [6.45, 7) is 6.56. The van der Waals surface area contributed by atoms with Gasteiger partial charge in [-0.2, -0.15) is 0 Å². The first-order chi connectivity index (χ1) is 9.20. The van der Waals surface area contributed by atoms with Crippen molar-refractivity contribution in [2.75, 3.05) is 6.54 Å². The number of rotatable bonds is 5. The van der Waals surface area contributed by atoms with E-state index >= 15 is 0 Å². The summed E-state index contributed by atoms with van der Waals surface area (Å²) < 4.78 is 0. The molecular weight excluding hydrogens is 234 g/mol. The molecule has 0 saturated heterocycles. The number of nitrogens with two attached hydrogens (primary N) is 1. The Balaban J connectivity index is 2.02. The summed E-state index contributed by atoms with van der Waals surface area (Å²) >= 11 is 0. The van der Waals surface area contributed by atoms with Crippen molar-refractivity contribution in [3.05, 3.63) is 29.6 Å². The number of aryl methyl sites for hydroxylation is 1. The third-order valence-electron chi connectivity index (χ3n) is 4.24. The van der Waals surface area contributed by atoms with Crippen LogP contribution in [0.1, 0.15) is 50.3 Å². The molecule has 0 spiro atoms. The molecule has 3 nitrogen and oxygen atoms in total. The van der Waals surface area contributed by atoms with Crippen LogP contribution in [0.5, 0.6) is 0 Å². The largest absolute Gasteiger partial charge is 0.328 e. The van der Waals surface area contributed by atoms with Crippen LogP contribution >= 0.6 is 0 Å². The second-order valence-corrected chi connectivity index (χ2v) is 5.81. The maximum Gasteiger partial charge on any atom is 0.0573 e. The third kappa shape index (κ3) is 4.02. The highest BCUT2D eigenvalue weighted by atomic mass is 15.2. The lowest BCUT2D eigenvalue weighted by molar-refractivity contribution is 0.140. The van der Waals surface area contributed by atoms with Gasteiger partial charge in [0.05, 0.1) is 5.69 Å². The molecule has 0 amide bonds. The molecule has 2 N–H and O–H groups in total. The molecule has 0 atom stereocenters. The van der Waals surface area contributed by atoms with Gasteiger partial charge in [-0.05, 0) is 57.2 Å². The molecule has 1 heterocycles. The molecule has 1 aliphatic rings. The minimum atomic E-state index is 0.427. The normalized spacial score (nSPS) is 23.8. The Morgan fingerprint density at radius 3 is 2.68 bits per heavy atom. The second-order valence-electron chi connectivity index (χ2n) is 5.81. The molecule has 0 radical (unpaired) electrons. The number of hydrogen-bond acceptors (Lipinski definition) is 3. The van der Waals surface area contributed by atoms with E-state index in [1.54, 1.807) is 0 Å². The first-order valence-corrected chi connectivity index (χ1v) is 7.60. The summed E-state index contributed by atoms with van der Waals surface area (Å²) in [4.78, 5) is 7.16. The zero-order valence-corrected chi connectivity index (χ0v) is 12.3. The van der Waals surface area contributed by atoms with Gasteiger partial charge in [0.1, 0.15) is 0 Å². The molecule has 2 rings (SSSR count). The zero-order chi connectivity index (χ0) is 13.7. The fraction of sp³-hybridized carbons (Fsp3) is 0.688. The molecule has 1 aromatic heterocycles. The molecule has 0 unspecified atom stereocenters. The zero-order valence-electron chi connectivity index (χ0n) is 12.3. The number of aromatic nitrogens is 1. The van der Waals surface area contributed by atoms with Crippen molar-refractivity contribution in [3.8, 4) is 0 Å². The average molecular weight is 261 g/mol. The van der Waals surface area contributed by atoms with E-state index in [2.05, 4.69) is 29.8 Å². The van der Waals surface area contributed by atoms with E-state index in [0.29, 0.717) is 12.1 Å². The first kappa shape index (κ1) is 14.5. The fourth-order valence-electron chi connectivity index (χ4n) is 3.02. The molecule has 0 aliphatic heterocycles. The van der Waals surface area contributed by atoms with Gasteiger partial charge in [0.15, 0.2) is 0 Å². The van der Waals surface area contributed by atoms with E-state index in [-0.39, 0.29) is 0 Å². The van der Waals surface area contributed by atoms with E-state index in [9.17, 15) is 0 Å². The Labute approximate surface area is 117 Å². The van der Waals surface area contributed by atoms with Crippen molar-refractivity contribution in [1.82, 2.24) is 9.88 Å². The summed E-state index contributed by atoms with van der Waals surface area (Å²) in [5.41, 5.74) is 8.55. The van der Waals surface area contributed by atoms with Gasteiger partial charge in [0, 0.05) is 24.8 Å². The topological polar surface area (TPSA) is 42.2 Å². The van der Waals surface area contributed by atoms with Gasteiger partial charge in [-0.3, -0.25) is 9.88 Å². The molecule has 0 aromatic carbocycles. The summed E-state index contributed by atoms with van der Waals surface area (Å²) in [6, 6.07) is 5.30. The van der Waals surface area contributed by atoms with Crippen molar-refractivity contribution in [1.29, 1.82) is 0 Å². The van der Waals surface area contributed by atoms with Crippen molar-refractivity contribution in [2.45, 2.75) is 64.6 Å². The van der Waals surface area contributed by atoms with Crippen molar-refractivity contribution < 1.29 is 0 Å². The average Bonchev–Trinajstić information content (AvgIpc) is 2.42. The van der Waals surface area contributed by atoms with Crippen LogP contribution in [0.2, 0.25) is 0 Å². The predicted molar refractivity (Wildman–Crippen MR) is 79.9 cm³/mol. The van der Waals surface area contributed by atoms with Crippen LogP contribution in [-0.2, 0) is 6.54 Å². The van der Waals surface area contributed by atoms with Crippen LogP contribution in [0, 0.1) is 6.92 Å². The maximum absolute atomic E-state index is 6.02. The van der Waals surface area contributed by atoms with Gasteiger partial charge >= 0.3 is 0 Å². The fourth-order valence-corrected chi connectivity index (χ4v) is 3.02. The van der Waals surface area contributed by atoms with Crippen LogP contribution in [-0.4, -0.2) is 28.5 Å². The number of nitrogens with zero attached hydrogens (tertiary/aromatic N) is 2. The van der Waals surface area contributed by atoms with E-state index in [4.69, 9.17) is 5.73 Å². The standard InChI is InChI=1S/C16H27N3/c1-3-11-19(15-8-6-14(17)7-9-15)12-16-13(2)5-4-10-18-16/h4-5,10,14-15H,3,6-9,11-12,17H2,1-2H3. The highest BCUT2D eigenvalue weighted by Crippen LogP contribution is 2.24. The quantitative estimate of drug-likeness (QED) is 0.886. The Morgan fingerprint density at radius 2 is 2.05 bits per heavy atom. The lowest BCUT2D eigenvalue weighted by Gasteiger charge is -2.36. The Kier molecular flexibility index (Phi) is 5.34.